The minimum absolute atomic E-state index is 0.145. The van der Waals surface area contributed by atoms with Crippen LogP contribution in [0.25, 0.3) is 44.4 Å². The van der Waals surface area contributed by atoms with Gasteiger partial charge in [-0.2, -0.15) is 0 Å². The number of aryl methyl sites for hydroxylation is 4. The summed E-state index contributed by atoms with van der Waals surface area (Å²) in [4.78, 5) is 64.2. The number of nitrogens with one attached hydrogen (secondary N) is 2. The van der Waals surface area contributed by atoms with Gasteiger partial charge < -0.3 is 30.4 Å². The molecule has 2 aliphatic heterocycles. The first-order chi connectivity index (χ1) is 24.4. The van der Waals surface area contributed by atoms with E-state index in [1.54, 1.807) is 0 Å². The summed E-state index contributed by atoms with van der Waals surface area (Å²) in [5.74, 6) is -3.90. The third-order valence-electron chi connectivity index (χ3n) is 9.46. The van der Waals surface area contributed by atoms with Gasteiger partial charge in [-0.1, -0.05) is 0 Å². The van der Waals surface area contributed by atoms with E-state index in [1.807, 2.05) is 27.7 Å². The summed E-state index contributed by atoms with van der Waals surface area (Å²) in [6.07, 6.45) is 0.0895. The highest BCUT2D eigenvalue weighted by Crippen LogP contribution is 2.46. The summed E-state index contributed by atoms with van der Waals surface area (Å²) in [5, 5.41) is 38.6. The number of aromatic nitrogens is 4. The van der Waals surface area contributed by atoms with Crippen molar-refractivity contribution < 1.29 is 39.6 Å². The summed E-state index contributed by atoms with van der Waals surface area (Å²) in [6, 6.07) is 0. The highest BCUT2D eigenvalue weighted by atomic mass is 79.9. The number of rotatable bonds is 12. The Morgan fingerprint density at radius 3 is 1.19 bits per heavy atom. The maximum absolute atomic E-state index is 11.8. The number of carbonyl (C=O) groups is 4. The molecule has 8 bridgehead atoms. The lowest BCUT2D eigenvalue weighted by Crippen LogP contribution is -1.99. The Bertz CT molecular complexity index is 2320. The number of halogens is 4. The van der Waals surface area contributed by atoms with Crippen LogP contribution in [-0.4, -0.2) is 64.2 Å². The van der Waals surface area contributed by atoms with E-state index in [1.165, 1.54) is 0 Å². The molecule has 6 N–H and O–H groups in total. The molecule has 0 spiro atoms. The number of nitrogens with zero attached hydrogens (tertiary/aromatic N) is 2. The van der Waals surface area contributed by atoms with Crippen LogP contribution in [0.5, 0.6) is 0 Å². The molecule has 0 saturated heterocycles. The fraction of sp³-hybridized carbons (Fsp3) is 0.333. The third kappa shape index (κ3) is 7.57. The van der Waals surface area contributed by atoms with Gasteiger partial charge in [0.2, 0.25) is 0 Å². The molecule has 0 fully saturated rings. The number of carboxylic acid groups (broad SMARTS) is 4. The summed E-state index contributed by atoms with van der Waals surface area (Å²) < 4.78 is 2.15. The Balaban J connectivity index is 2.07. The number of allylic oxidation sites excluding steroid dienone is 4. The van der Waals surface area contributed by atoms with Crippen molar-refractivity contribution in [2.24, 2.45) is 0 Å². The molecular weight excluding hydrogens is 936 g/mol. The molecule has 274 valence electrons. The molecule has 0 atom stereocenters. The van der Waals surface area contributed by atoms with Crippen LogP contribution in [0, 0.1) is 13.8 Å². The van der Waals surface area contributed by atoms with Gasteiger partial charge in [0.1, 0.15) is 0 Å². The average molecular weight is 970 g/mol. The average Bonchev–Trinajstić information content (AvgIpc) is 3.79. The smallest absolute Gasteiger partial charge is 0.303 e. The predicted octanol–water partition coefficient (Wildman–Crippen LogP) is 9.61. The Hall–Kier alpha value is -3.60. The lowest BCUT2D eigenvalue weighted by molar-refractivity contribution is -0.138. The van der Waals surface area contributed by atoms with Gasteiger partial charge in [-0.3, -0.25) is 19.2 Å². The van der Waals surface area contributed by atoms with Gasteiger partial charge in [0.05, 0.1) is 62.7 Å². The van der Waals surface area contributed by atoms with E-state index in [-0.39, 0.29) is 51.4 Å². The van der Waals surface area contributed by atoms with Crippen molar-refractivity contribution in [1.29, 1.82) is 0 Å². The predicted molar refractivity (Wildman–Crippen MR) is 212 cm³/mol. The standard InChI is InChI=1S/C36H34Br4N4O8/c1-13-17(5-9-21(45)46)33-26(38)31-15(3)18(6-10-22(47)48)34(43-31)27(39)32-16(4)20(8-12-24(51)52)36(44-32)28(40)35-19(7-11-23(49)50)14(2)30(42-35)25(37)29(13)41-33/h43-44H,5-12H2,1-4H3,(H,45,46)(H,47,48)(H,49,50)(H,51,52). The van der Waals surface area contributed by atoms with Gasteiger partial charge >= 0.3 is 23.9 Å². The number of aliphatic carboxylic acids is 4. The van der Waals surface area contributed by atoms with E-state index < -0.39 is 23.9 Å². The van der Waals surface area contributed by atoms with Gasteiger partial charge in [0.25, 0.3) is 0 Å². The molecule has 0 amide bonds. The van der Waals surface area contributed by atoms with Crippen LogP contribution >= 0.6 is 63.7 Å². The third-order valence-corrected chi connectivity index (χ3v) is 12.5. The molecule has 16 heteroatoms. The van der Waals surface area contributed by atoms with E-state index in [4.69, 9.17) is 9.97 Å². The van der Waals surface area contributed by atoms with Crippen LogP contribution in [0.15, 0.2) is 17.9 Å². The summed E-state index contributed by atoms with van der Waals surface area (Å²) in [5.41, 5.74) is 10.2. The minimum atomic E-state index is -0.981. The minimum Gasteiger partial charge on any atom is -0.481 e. The van der Waals surface area contributed by atoms with Crippen molar-refractivity contribution in [3.8, 4) is 0 Å². The van der Waals surface area contributed by atoms with Gasteiger partial charge in [0.15, 0.2) is 0 Å². The molecular formula is C36H34Br4N4O8. The number of H-pyrrole nitrogens is 2. The quantitative estimate of drug-likeness (QED) is 0.101. The Morgan fingerprint density at radius 2 is 0.808 bits per heavy atom. The van der Waals surface area contributed by atoms with Crippen LogP contribution in [0.1, 0.15) is 97.4 Å². The summed E-state index contributed by atoms with van der Waals surface area (Å²) >= 11 is 15.1. The van der Waals surface area contributed by atoms with Crippen LogP contribution < -0.4 is 0 Å². The van der Waals surface area contributed by atoms with Crippen LogP contribution in [0.4, 0.5) is 0 Å². The van der Waals surface area contributed by atoms with Gasteiger partial charge in [-0.05, 0) is 162 Å². The zero-order valence-electron chi connectivity index (χ0n) is 28.5. The second-order valence-corrected chi connectivity index (χ2v) is 15.8. The Kier molecular flexibility index (Phi) is 12.0. The lowest BCUT2D eigenvalue weighted by Gasteiger charge is -2.06. The number of aromatic amines is 2. The molecule has 0 saturated carbocycles. The molecule has 0 unspecified atom stereocenters. The highest BCUT2D eigenvalue weighted by Gasteiger charge is 2.29. The van der Waals surface area contributed by atoms with E-state index in [0.29, 0.717) is 79.4 Å². The molecule has 5 rings (SSSR count). The first-order valence-electron chi connectivity index (χ1n) is 16.2. The van der Waals surface area contributed by atoms with Gasteiger partial charge in [0, 0.05) is 25.7 Å². The summed E-state index contributed by atoms with van der Waals surface area (Å²) in [7, 11) is 0. The monoisotopic (exact) mass is 966 g/mol. The number of hydrogen-bond acceptors (Lipinski definition) is 6. The Morgan fingerprint density at radius 1 is 0.481 bits per heavy atom. The van der Waals surface area contributed by atoms with Crippen LogP contribution in [-0.2, 0) is 32.0 Å². The molecule has 0 aromatic carbocycles. The molecule has 5 heterocycles. The van der Waals surface area contributed by atoms with Crippen molar-refractivity contribution in [1.82, 2.24) is 19.9 Å². The van der Waals surface area contributed by atoms with Gasteiger partial charge in [-0.15, -0.1) is 0 Å². The maximum atomic E-state index is 11.8. The zero-order valence-corrected chi connectivity index (χ0v) is 34.8. The van der Waals surface area contributed by atoms with Crippen molar-refractivity contribution in [3.63, 3.8) is 0 Å². The topological polar surface area (TPSA) is 207 Å². The molecule has 0 radical (unpaired) electrons. The number of hydrogen-bond donors (Lipinski definition) is 6. The summed E-state index contributed by atoms with van der Waals surface area (Å²) in [6.45, 7) is 7.47. The molecule has 3 aromatic heterocycles. The molecule has 52 heavy (non-hydrogen) atoms. The number of fused-ring (bicyclic) bond motifs is 8. The van der Waals surface area contributed by atoms with E-state index in [9.17, 15) is 39.6 Å². The molecule has 2 aliphatic rings. The molecule has 0 aliphatic carbocycles. The highest BCUT2D eigenvalue weighted by molar-refractivity contribution is 9.11. The van der Waals surface area contributed by atoms with E-state index >= 15 is 0 Å². The first-order valence-corrected chi connectivity index (χ1v) is 19.4. The van der Waals surface area contributed by atoms with E-state index in [0.717, 1.165) is 27.8 Å². The molecule has 3 aromatic rings. The fourth-order valence-corrected chi connectivity index (χ4v) is 9.57. The second kappa shape index (κ2) is 15.8. The first kappa shape index (κ1) is 39.6. The largest absolute Gasteiger partial charge is 0.481 e. The van der Waals surface area contributed by atoms with Crippen molar-refractivity contribution in [2.45, 2.75) is 79.1 Å². The normalized spacial score (nSPS) is 12.9. The number of carboxylic acids is 4. The van der Waals surface area contributed by atoms with Crippen LogP contribution in [0.3, 0.4) is 0 Å². The maximum Gasteiger partial charge on any atom is 0.303 e. The molecule has 12 nitrogen and oxygen atoms in total. The van der Waals surface area contributed by atoms with Crippen molar-refractivity contribution in [3.05, 3.63) is 62.9 Å². The van der Waals surface area contributed by atoms with E-state index in [2.05, 4.69) is 73.7 Å². The zero-order chi connectivity index (χ0) is 38.3. The fourth-order valence-electron chi connectivity index (χ4n) is 6.68. The van der Waals surface area contributed by atoms with Crippen molar-refractivity contribution >= 4 is 132 Å². The lowest BCUT2D eigenvalue weighted by atomic mass is 9.99. The van der Waals surface area contributed by atoms with Crippen LogP contribution in [0.2, 0.25) is 0 Å². The van der Waals surface area contributed by atoms with Crippen molar-refractivity contribution in [2.75, 3.05) is 0 Å². The second-order valence-electron chi connectivity index (χ2n) is 12.6. The Labute approximate surface area is 331 Å². The SMILES string of the molecule is CC1=C(CCC(=O)O)c2nc1c(Br)c1nc(c(Br)c3[nH]c(c(C)c3CCC(=O)O)c(Br)c3[nH]c(c(C)c3CCC(=O)O)c2Br)C(CCC(=O)O)=C1C. The van der Waals surface area contributed by atoms with Gasteiger partial charge in [-0.25, -0.2) is 9.97 Å².